The van der Waals surface area contributed by atoms with Crippen LogP contribution in [-0.4, -0.2) is 34.8 Å². The molecule has 0 spiro atoms. The van der Waals surface area contributed by atoms with Gasteiger partial charge < -0.3 is 19.2 Å². The Bertz CT molecular complexity index is 1330. The first-order valence-corrected chi connectivity index (χ1v) is 10.3. The van der Waals surface area contributed by atoms with Gasteiger partial charge in [0.2, 0.25) is 11.5 Å². The third-order valence-electron chi connectivity index (χ3n) is 5.07. The van der Waals surface area contributed by atoms with Gasteiger partial charge in [0.1, 0.15) is 18.1 Å². The van der Waals surface area contributed by atoms with E-state index in [1.54, 1.807) is 0 Å². The molecule has 3 amide bonds. The summed E-state index contributed by atoms with van der Waals surface area (Å²) in [5, 5.41) is 14.0. The molecule has 11 nitrogen and oxygen atoms in total. The monoisotopic (exact) mass is 477 g/mol. The van der Waals surface area contributed by atoms with Crippen LogP contribution in [0.4, 0.5) is 10.5 Å². The van der Waals surface area contributed by atoms with Crippen molar-refractivity contribution in [3.8, 4) is 5.75 Å². The Balaban J connectivity index is 1.59. The van der Waals surface area contributed by atoms with Gasteiger partial charge in [0.25, 0.3) is 5.91 Å². The summed E-state index contributed by atoms with van der Waals surface area (Å²) in [4.78, 5) is 48.8. The molecule has 178 valence electrons. The minimum atomic E-state index is -0.713. The normalized spacial score (nSPS) is 14.2. The van der Waals surface area contributed by atoms with Crippen LogP contribution in [0.1, 0.15) is 27.4 Å². The van der Waals surface area contributed by atoms with E-state index in [-0.39, 0.29) is 47.4 Å². The summed E-state index contributed by atoms with van der Waals surface area (Å²) in [5.74, 6) is -1.28. The summed E-state index contributed by atoms with van der Waals surface area (Å²) in [6.45, 7) is -0.166. The zero-order valence-corrected chi connectivity index (χ0v) is 18.4. The molecule has 11 heteroatoms. The molecule has 1 aliphatic rings. The smallest absolute Gasteiger partial charge is 0.373 e. The van der Waals surface area contributed by atoms with E-state index in [0.29, 0.717) is 0 Å². The average molecular weight is 477 g/mol. The van der Waals surface area contributed by atoms with E-state index in [0.717, 1.165) is 10.5 Å². The molecular formula is C24H19N3O8. The molecule has 0 unspecified atom stereocenters. The van der Waals surface area contributed by atoms with Crippen LogP contribution in [0, 0.1) is 10.1 Å². The lowest BCUT2D eigenvalue weighted by atomic mass is 10.1. The minimum Gasteiger partial charge on any atom is -0.482 e. The number of urea groups is 1. The lowest BCUT2D eigenvalue weighted by Crippen LogP contribution is -2.30. The number of furan rings is 1. The predicted octanol–water partition coefficient (Wildman–Crippen LogP) is 3.65. The highest BCUT2D eigenvalue weighted by Crippen LogP contribution is 2.33. The zero-order valence-electron chi connectivity index (χ0n) is 18.4. The first-order chi connectivity index (χ1) is 16.9. The number of imide groups is 1. The number of nitrogens with one attached hydrogen (secondary N) is 1. The fraction of sp³-hybridized carbons (Fsp3) is 0.125. The van der Waals surface area contributed by atoms with Gasteiger partial charge in [-0.3, -0.25) is 19.8 Å². The number of carbonyl (C=O) groups excluding carboxylic acids is 3. The third kappa shape index (κ3) is 5.03. The van der Waals surface area contributed by atoms with E-state index >= 15 is 0 Å². The zero-order chi connectivity index (χ0) is 24.9. The molecule has 1 fully saturated rings. The van der Waals surface area contributed by atoms with Crippen molar-refractivity contribution in [3.63, 3.8) is 0 Å². The first kappa shape index (κ1) is 23.2. The predicted molar refractivity (Wildman–Crippen MR) is 121 cm³/mol. The minimum absolute atomic E-state index is 0.0388. The maximum Gasteiger partial charge on any atom is 0.373 e. The van der Waals surface area contributed by atoms with Gasteiger partial charge in [0, 0.05) is 11.6 Å². The molecule has 0 bridgehead atoms. The number of esters is 1. The summed E-state index contributed by atoms with van der Waals surface area (Å²) < 4.78 is 15.7. The topological polar surface area (TPSA) is 141 Å². The fourth-order valence-electron chi connectivity index (χ4n) is 3.39. The summed E-state index contributed by atoms with van der Waals surface area (Å²) in [6, 6.07) is 15.5. The van der Waals surface area contributed by atoms with Crippen molar-refractivity contribution in [2.45, 2.75) is 13.2 Å². The molecule has 0 atom stereocenters. The number of hydrogen-bond acceptors (Lipinski definition) is 8. The number of ether oxygens (including phenoxy) is 2. The quantitative estimate of drug-likeness (QED) is 0.170. The largest absolute Gasteiger partial charge is 0.482 e. The van der Waals surface area contributed by atoms with Crippen molar-refractivity contribution in [2.75, 3.05) is 7.11 Å². The summed E-state index contributed by atoms with van der Waals surface area (Å²) in [5.41, 5.74) is 0.659. The van der Waals surface area contributed by atoms with Gasteiger partial charge in [-0.25, -0.2) is 9.59 Å². The van der Waals surface area contributed by atoms with E-state index in [1.165, 1.54) is 43.5 Å². The Morgan fingerprint density at radius 1 is 1.11 bits per heavy atom. The molecule has 0 saturated carbocycles. The van der Waals surface area contributed by atoms with Crippen molar-refractivity contribution in [1.82, 2.24) is 10.2 Å². The molecule has 2 aromatic carbocycles. The Kier molecular flexibility index (Phi) is 6.58. The molecule has 3 aromatic rings. The molecule has 35 heavy (non-hydrogen) atoms. The van der Waals surface area contributed by atoms with Gasteiger partial charge in [-0.1, -0.05) is 42.5 Å². The van der Waals surface area contributed by atoms with Crippen molar-refractivity contribution >= 4 is 29.7 Å². The lowest BCUT2D eigenvalue weighted by Gasteiger charge is -2.11. The van der Waals surface area contributed by atoms with Gasteiger partial charge in [-0.2, -0.15) is 0 Å². The van der Waals surface area contributed by atoms with Gasteiger partial charge in [-0.05, 0) is 23.8 Å². The highest BCUT2D eigenvalue weighted by Gasteiger charge is 2.35. The Morgan fingerprint density at radius 2 is 1.89 bits per heavy atom. The van der Waals surface area contributed by atoms with Crippen LogP contribution in [0.3, 0.4) is 0 Å². The molecule has 1 aromatic heterocycles. The summed E-state index contributed by atoms with van der Waals surface area (Å²) in [7, 11) is 1.20. The van der Waals surface area contributed by atoms with E-state index < -0.39 is 22.8 Å². The molecular weight excluding hydrogens is 458 g/mol. The van der Waals surface area contributed by atoms with Gasteiger partial charge in [0.15, 0.2) is 0 Å². The Morgan fingerprint density at radius 3 is 2.60 bits per heavy atom. The Hall–Kier alpha value is -4.93. The van der Waals surface area contributed by atoms with Crippen molar-refractivity contribution < 1.29 is 33.2 Å². The maximum atomic E-state index is 12.9. The molecule has 1 aliphatic heterocycles. The van der Waals surface area contributed by atoms with Crippen LogP contribution in [0.25, 0.3) is 6.08 Å². The van der Waals surface area contributed by atoms with Gasteiger partial charge in [-0.15, -0.1) is 0 Å². The standard InChI is InChI=1S/C24H19N3O8/c1-33-23(29)20-11-10-17(35-20)13-26-22(28)18(25-24(26)30)12-16-8-5-9-19(27(31)32)21(16)34-14-15-6-3-2-4-7-15/h2-12H,13-14H2,1H3,(H,25,30)/b18-12-. The van der Waals surface area contributed by atoms with Crippen LogP contribution < -0.4 is 10.1 Å². The number of para-hydroxylation sites is 1. The van der Waals surface area contributed by atoms with Crippen LogP contribution >= 0.6 is 0 Å². The Labute approximate surface area is 198 Å². The number of benzene rings is 2. The van der Waals surface area contributed by atoms with Gasteiger partial charge in [0.05, 0.1) is 18.6 Å². The SMILES string of the molecule is COC(=O)c1ccc(CN2C(=O)N/C(=C\c3cccc([N+](=O)[O-])c3OCc3ccccc3)C2=O)o1. The molecule has 2 heterocycles. The highest BCUT2D eigenvalue weighted by molar-refractivity contribution is 6.14. The number of amides is 3. The van der Waals surface area contributed by atoms with E-state index in [2.05, 4.69) is 10.1 Å². The summed E-state index contributed by atoms with van der Waals surface area (Å²) >= 11 is 0. The maximum absolute atomic E-state index is 12.9. The van der Waals surface area contributed by atoms with Crippen LogP contribution in [0.5, 0.6) is 5.75 Å². The number of rotatable bonds is 8. The van der Waals surface area contributed by atoms with Crippen LogP contribution in [0.2, 0.25) is 0 Å². The number of carbonyl (C=O) groups is 3. The van der Waals surface area contributed by atoms with Crippen LogP contribution in [-0.2, 0) is 22.7 Å². The van der Waals surface area contributed by atoms with E-state index in [9.17, 15) is 24.5 Å². The molecule has 0 radical (unpaired) electrons. The van der Waals surface area contributed by atoms with E-state index in [1.807, 2.05) is 30.3 Å². The first-order valence-electron chi connectivity index (χ1n) is 10.3. The number of hydrogen-bond donors (Lipinski definition) is 1. The second-order valence-electron chi connectivity index (χ2n) is 7.36. The fourth-order valence-corrected chi connectivity index (χ4v) is 3.39. The molecule has 1 N–H and O–H groups in total. The van der Waals surface area contributed by atoms with Crippen LogP contribution in [0.15, 0.2) is 70.8 Å². The second-order valence-corrected chi connectivity index (χ2v) is 7.36. The third-order valence-corrected chi connectivity index (χ3v) is 5.07. The van der Waals surface area contributed by atoms with Crippen molar-refractivity contribution in [3.05, 3.63) is 99.1 Å². The lowest BCUT2D eigenvalue weighted by molar-refractivity contribution is -0.386. The average Bonchev–Trinajstić information content (AvgIpc) is 3.43. The van der Waals surface area contributed by atoms with E-state index in [4.69, 9.17) is 9.15 Å². The van der Waals surface area contributed by atoms with Crippen molar-refractivity contribution in [1.29, 1.82) is 0 Å². The summed E-state index contributed by atoms with van der Waals surface area (Å²) in [6.07, 6.45) is 1.32. The molecule has 1 saturated heterocycles. The van der Waals surface area contributed by atoms with Gasteiger partial charge >= 0.3 is 17.7 Å². The number of methoxy groups -OCH3 is 1. The second kappa shape index (κ2) is 9.91. The number of nitrogens with zero attached hydrogens (tertiary/aromatic N) is 2. The number of nitro benzene ring substituents is 1. The van der Waals surface area contributed by atoms with Crippen molar-refractivity contribution in [2.24, 2.45) is 0 Å². The number of nitro groups is 1. The molecule has 4 rings (SSSR count). The molecule has 0 aliphatic carbocycles. The highest BCUT2D eigenvalue weighted by atomic mass is 16.6.